The number of nitrogens with zero attached hydrogens (tertiary/aromatic N) is 2. The first-order valence-corrected chi connectivity index (χ1v) is 10.5. The highest BCUT2D eigenvalue weighted by Crippen LogP contribution is 2.30. The Balaban J connectivity index is 1.84. The lowest BCUT2D eigenvalue weighted by Crippen LogP contribution is -2.50. The predicted octanol–water partition coefficient (Wildman–Crippen LogP) is 1.30. The Morgan fingerprint density at radius 2 is 1.76 bits per heavy atom. The summed E-state index contributed by atoms with van der Waals surface area (Å²) >= 11 is 0. The maximum atomic E-state index is 11.5. The third kappa shape index (κ3) is 5.95. The molecule has 2 rings (SSSR count). The molecule has 142 valence electrons. The molecule has 1 fully saturated rings. The van der Waals surface area contributed by atoms with Crippen molar-refractivity contribution in [2.24, 2.45) is 0 Å². The van der Waals surface area contributed by atoms with Crippen LogP contribution in [0.4, 0.5) is 0 Å². The number of aliphatic hydroxyl groups excluding tert-OH is 1. The Morgan fingerprint density at radius 1 is 1.16 bits per heavy atom. The van der Waals surface area contributed by atoms with Gasteiger partial charge in [-0.1, -0.05) is 39.0 Å². The van der Waals surface area contributed by atoms with Crippen molar-refractivity contribution in [1.29, 1.82) is 0 Å². The minimum absolute atomic E-state index is 0.0243. The van der Waals surface area contributed by atoms with Crippen LogP contribution in [0.25, 0.3) is 0 Å². The van der Waals surface area contributed by atoms with E-state index in [0.717, 1.165) is 11.3 Å². The molecule has 7 heteroatoms. The van der Waals surface area contributed by atoms with Crippen LogP contribution in [0.3, 0.4) is 0 Å². The number of rotatable bonds is 6. The van der Waals surface area contributed by atoms with Crippen LogP contribution < -0.4 is 4.74 Å². The van der Waals surface area contributed by atoms with Crippen molar-refractivity contribution < 1.29 is 18.3 Å². The number of ether oxygens (including phenoxy) is 1. The molecule has 6 nitrogen and oxygen atoms in total. The van der Waals surface area contributed by atoms with E-state index in [4.69, 9.17) is 4.74 Å². The van der Waals surface area contributed by atoms with Gasteiger partial charge in [0.2, 0.25) is 10.0 Å². The van der Waals surface area contributed by atoms with Gasteiger partial charge in [-0.2, -0.15) is 4.31 Å². The van der Waals surface area contributed by atoms with E-state index in [-0.39, 0.29) is 12.0 Å². The second-order valence-corrected chi connectivity index (χ2v) is 9.66. The highest BCUT2D eigenvalue weighted by molar-refractivity contribution is 7.88. The van der Waals surface area contributed by atoms with Crippen LogP contribution in [-0.4, -0.2) is 74.4 Å². The molecule has 0 aromatic heterocycles. The quantitative estimate of drug-likeness (QED) is 0.817. The Morgan fingerprint density at radius 3 is 2.32 bits per heavy atom. The Hall–Kier alpha value is -1.15. The van der Waals surface area contributed by atoms with E-state index in [2.05, 4.69) is 25.7 Å². The number of hydrogen-bond donors (Lipinski definition) is 1. The van der Waals surface area contributed by atoms with Crippen LogP contribution in [0.15, 0.2) is 24.3 Å². The first-order chi connectivity index (χ1) is 11.6. The van der Waals surface area contributed by atoms with Gasteiger partial charge < -0.3 is 9.84 Å². The second-order valence-electron chi connectivity index (χ2n) is 7.67. The second kappa shape index (κ2) is 8.03. The van der Waals surface area contributed by atoms with Crippen LogP contribution in [0.5, 0.6) is 5.75 Å². The molecule has 1 aromatic rings. The normalized spacial score (nSPS) is 18.9. The SMILES string of the molecule is CC(C)(C)c1ccccc1OCC(O)CN1CCN(S(C)(=O)=O)CC1. The molecule has 0 radical (unpaired) electrons. The summed E-state index contributed by atoms with van der Waals surface area (Å²) in [4.78, 5) is 2.07. The summed E-state index contributed by atoms with van der Waals surface area (Å²) in [5, 5.41) is 10.3. The smallest absolute Gasteiger partial charge is 0.211 e. The van der Waals surface area contributed by atoms with Crippen molar-refractivity contribution in [3.8, 4) is 5.75 Å². The van der Waals surface area contributed by atoms with Gasteiger partial charge in [0, 0.05) is 32.7 Å². The van der Waals surface area contributed by atoms with Crippen LogP contribution in [0.1, 0.15) is 26.3 Å². The minimum Gasteiger partial charge on any atom is -0.491 e. The zero-order valence-corrected chi connectivity index (χ0v) is 16.4. The van der Waals surface area contributed by atoms with E-state index in [1.165, 1.54) is 10.6 Å². The molecular weight excluding hydrogens is 340 g/mol. The third-order valence-corrected chi connectivity index (χ3v) is 5.70. The highest BCUT2D eigenvalue weighted by atomic mass is 32.2. The number of piperazine rings is 1. The zero-order chi connectivity index (χ0) is 18.7. The molecule has 0 saturated carbocycles. The van der Waals surface area contributed by atoms with E-state index in [1.54, 1.807) is 0 Å². The lowest BCUT2D eigenvalue weighted by atomic mass is 9.86. The van der Waals surface area contributed by atoms with Gasteiger partial charge in [0.25, 0.3) is 0 Å². The summed E-state index contributed by atoms with van der Waals surface area (Å²) in [6.07, 6.45) is 0.621. The molecule has 0 amide bonds. The molecule has 1 N–H and O–H groups in total. The average Bonchev–Trinajstić information content (AvgIpc) is 2.52. The first kappa shape index (κ1) is 20.2. The van der Waals surface area contributed by atoms with E-state index in [1.807, 2.05) is 24.3 Å². The van der Waals surface area contributed by atoms with Crippen molar-refractivity contribution in [2.45, 2.75) is 32.3 Å². The summed E-state index contributed by atoms with van der Waals surface area (Å²) in [7, 11) is -3.12. The molecule has 0 aliphatic carbocycles. The Labute approximate surface area is 151 Å². The van der Waals surface area contributed by atoms with Gasteiger partial charge >= 0.3 is 0 Å². The molecular formula is C18H30N2O4S. The fraction of sp³-hybridized carbons (Fsp3) is 0.667. The Bertz CT molecular complexity index is 662. The molecule has 1 aromatic carbocycles. The Kier molecular flexibility index (Phi) is 6.48. The summed E-state index contributed by atoms with van der Waals surface area (Å²) in [6, 6.07) is 7.90. The van der Waals surface area contributed by atoms with Crippen LogP contribution in [0, 0.1) is 0 Å². The van der Waals surface area contributed by atoms with Crippen molar-refractivity contribution in [3.05, 3.63) is 29.8 Å². The van der Waals surface area contributed by atoms with Gasteiger partial charge in [0.1, 0.15) is 18.5 Å². The maximum Gasteiger partial charge on any atom is 0.211 e. The molecule has 0 bridgehead atoms. The average molecular weight is 371 g/mol. The fourth-order valence-electron chi connectivity index (χ4n) is 2.99. The first-order valence-electron chi connectivity index (χ1n) is 8.65. The number of β-amino-alcohol motifs (C(OH)–C–C–N with tert-alkyl or cyclic N) is 1. The molecule has 1 heterocycles. The number of hydrogen-bond acceptors (Lipinski definition) is 5. The van der Waals surface area contributed by atoms with Crippen LogP contribution in [0.2, 0.25) is 0 Å². The summed E-state index contributed by atoms with van der Waals surface area (Å²) in [6.45, 7) is 9.30. The minimum atomic E-state index is -3.12. The fourth-order valence-corrected chi connectivity index (χ4v) is 3.82. The predicted molar refractivity (Wildman–Crippen MR) is 99.5 cm³/mol. The monoisotopic (exact) mass is 370 g/mol. The molecule has 1 unspecified atom stereocenters. The zero-order valence-electron chi connectivity index (χ0n) is 15.6. The molecule has 1 aliphatic rings. The largest absolute Gasteiger partial charge is 0.491 e. The third-order valence-electron chi connectivity index (χ3n) is 4.40. The van der Waals surface area contributed by atoms with E-state index >= 15 is 0 Å². The molecule has 1 atom stereocenters. The maximum absolute atomic E-state index is 11.5. The van der Waals surface area contributed by atoms with Gasteiger partial charge in [-0.25, -0.2) is 8.42 Å². The molecule has 25 heavy (non-hydrogen) atoms. The van der Waals surface area contributed by atoms with Gasteiger partial charge in [0.05, 0.1) is 6.26 Å². The van der Waals surface area contributed by atoms with Crippen molar-refractivity contribution in [2.75, 3.05) is 45.6 Å². The van der Waals surface area contributed by atoms with Crippen molar-refractivity contribution in [3.63, 3.8) is 0 Å². The number of benzene rings is 1. The standard InChI is InChI=1S/C18H30N2O4S/c1-18(2,3)16-7-5-6-8-17(16)24-14-15(21)13-19-9-11-20(12-10-19)25(4,22)23/h5-8,15,21H,9-14H2,1-4H3. The van der Waals surface area contributed by atoms with Gasteiger partial charge in [-0.15, -0.1) is 0 Å². The lowest BCUT2D eigenvalue weighted by Gasteiger charge is -2.34. The van der Waals surface area contributed by atoms with Gasteiger partial charge in [-0.05, 0) is 17.0 Å². The molecule has 0 spiro atoms. The van der Waals surface area contributed by atoms with Gasteiger partial charge in [0.15, 0.2) is 0 Å². The number of aliphatic hydroxyl groups is 1. The molecule has 1 aliphatic heterocycles. The molecule has 1 saturated heterocycles. The van der Waals surface area contributed by atoms with E-state index in [0.29, 0.717) is 32.7 Å². The number of para-hydroxylation sites is 1. The summed E-state index contributed by atoms with van der Waals surface area (Å²) < 4.78 is 30.4. The van der Waals surface area contributed by atoms with Crippen molar-refractivity contribution in [1.82, 2.24) is 9.21 Å². The number of sulfonamides is 1. The van der Waals surface area contributed by atoms with E-state index < -0.39 is 16.1 Å². The lowest BCUT2D eigenvalue weighted by molar-refractivity contribution is 0.0564. The van der Waals surface area contributed by atoms with E-state index in [9.17, 15) is 13.5 Å². The summed E-state index contributed by atoms with van der Waals surface area (Å²) in [5.74, 6) is 0.802. The van der Waals surface area contributed by atoms with Gasteiger partial charge in [-0.3, -0.25) is 4.90 Å². The van der Waals surface area contributed by atoms with Crippen LogP contribution >= 0.6 is 0 Å². The highest BCUT2D eigenvalue weighted by Gasteiger charge is 2.25. The topological polar surface area (TPSA) is 70.1 Å². The van der Waals surface area contributed by atoms with Crippen molar-refractivity contribution >= 4 is 10.0 Å². The van der Waals surface area contributed by atoms with Crippen LogP contribution in [-0.2, 0) is 15.4 Å². The summed E-state index contributed by atoms with van der Waals surface area (Å²) in [5.41, 5.74) is 1.09.